The molecule has 354 valence electrons. The van der Waals surface area contributed by atoms with Crippen molar-refractivity contribution in [1.82, 2.24) is 38.5 Å². The molecule has 6 heterocycles. The van der Waals surface area contributed by atoms with Gasteiger partial charge >= 0.3 is 11.4 Å². The molecule has 5 atom stereocenters. The largest absolute Gasteiger partial charge is 0.438 e. The maximum Gasteiger partial charge on any atom is 0.438 e. The lowest BCUT2D eigenvalue weighted by Gasteiger charge is -2.35. The lowest BCUT2D eigenvalue weighted by molar-refractivity contribution is -0.0592. The number of aromatic amines is 1. The van der Waals surface area contributed by atoms with Crippen molar-refractivity contribution in [2.75, 3.05) is 20.2 Å². The van der Waals surface area contributed by atoms with E-state index in [0.717, 1.165) is 42.1 Å². The third kappa shape index (κ3) is 6.79. The lowest BCUT2D eigenvalue weighted by Crippen LogP contribution is -2.41. The minimum atomic E-state index is -2.82. The first-order chi connectivity index (χ1) is 32.4. The number of H-pyrrole nitrogens is 1. The van der Waals surface area contributed by atoms with Gasteiger partial charge in [-0.1, -0.05) is 18.1 Å². The van der Waals surface area contributed by atoms with Crippen LogP contribution in [0.2, 0.25) is 0 Å². The maximum absolute atomic E-state index is 16.1. The van der Waals surface area contributed by atoms with Crippen LogP contribution < -0.4 is 11.4 Å². The molecule has 0 spiro atoms. The summed E-state index contributed by atoms with van der Waals surface area (Å²) in [5.41, 5.74) is 3.05. The molecule has 4 aliphatic rings. The Morgan fingerprint density at radius 3 is 2.34 bits per heavy atom. The van der Waals surface area contributed by atoms with Crippen molar-refractivity contribution in [3.63, 3.8) is 0 Å². The second kappa shape index (κ2) is 15.6. The highest BCUT2D eigenvalue weighted by atomic mass is 32.2. The number of hydrogen-bond acceptors (Lipinski definition) is 9. The van der Waals surface area contributed by atoms with Crippen LogP contribution in [0.25, 0.3) is 28.1 Å². The van der Waals surface area contributed by atoms with Crippen LogP contribution in [0, 0.1) is 31.4 Å². The average molecular weight is 946 g/mol. The van der Waals surface area contributed by atoms with Crippen LogP contribution in [0.3, 0.4) is 0 Å². The van der Waals surface area contributed by atoms with Gasteiger partial charge in [-0.05, 0) is 144 Å². The van der Waals surface area contributed by atoms with Gasteiger partial charge in [-0.2, -0.15) is 5.10 Å². The zero-order valence-electron chi connectivity index (χ0n) is 39.0. The van der Waals surface area contributed by atoms with E-state index in [4.69, 9.17) is 14.4 Å². The number of halogens is 2. The van der Waals surface area contributed by atoms with E-state index in [1.54, 1.807) is 41.6 Å². The first-order valence-corrected chi connectivity index (χ1v) is 24.8. The summed E-state index contributed by atoms with van der Waals surface area (Å²) in [5, 5.41) is 9.97. The van der Waals surface area contributed by atoms with E-state index in [0.29, 0.717) is 64.9 Å². The van der Waals surface area contributed by atoms with Crippen molar-refractivity contribution >= 4 is 26.5 Å². The molecule has 4 aromatic heterocycles. The highest BCUT2D eigenvalue weighted by molar-refractivity contribution is 7.94. The smallest absolute Gasteiger partial charge is 0.376 e. The molecule has 1 N–H and O–H groups in total. The molecule has 68 heavy (non-hydrogen) atoms. The summed E-state index contributed by atoms with van der Waals surface area (Å²) in [7, 11) is -1.33. The topological polar surface area (TPSA) is 168 Å². The number of imidazole rings is 1. The van der Waals surface area contributed by atoms with E-state index < -0.39 is 38.6 Å². The molecule has 1 saturated heterocycles. The van der Waals surface area contributed by atoms with E-state index in [1.165, 1.54) is 40.7 Å². The van der Waals surface area contributed by atoms with Gasteiger partial charge in [0, 0.05) is 60.7 Å². The summed E-state index contributed by atoms with van der Waals surface area (Å²) in [6.07, 6.45) is 7.12. The number of ether oxygens (including phenoxy) is 1. The number of benzene rings is 3. The van der Waals surface area contributed by atoms with Gasteiger partial charge in [0.1, 0.15) is 28.7 Å². The summed E-state index contributed by atoms with van der Waals surface area (Å²) in [6, 6.07) is 15.1. The Balaban J connectivity index is 1.04. The molecule has 2 aliphatic carbocycles. The molecule has 0 bridgehead atoms. The highest BCUT2D eigenvalue weighted by Gasteiger charge is 2.59. The lowest BCUT2D eigenvalue weighted by atomic mass is 9.83. The Kier molecular flexibility index (Phi) is 10.1. The number of nitrogens with zero attached hydrogens (tertiary/aromatic N) is 8. The first-order valence-electron chi connectivity index (χ1n) is 23.2. The minimum Gasteiger partial charge on any atom is -0.376 e. The molecule has 2 saturated carbocycles. The van der Waals surface area contributed by atoms with Crippen molar-refractivity contribution in [3.8, 4) is 17.2 Å². The van der Waals surface area contributed by atoms with Gasteiger partial charge in [-0.3, -0.25) is 23.4 Å². The van der Waals surface area contributed by atoms with E-state index in [2.05, 4.69) is 53.5 Å². The number of fused-ring (bicyclic) bond motifs is 2. The van der Waals surface area contributed by atoms with Gasteiger partial charge in [0.25, 0.3) is 5.91 Å². The van der Waals surface area contributed by atoms with E-state index in [1.807, 2.05) is 17.6 Å². The Bertz CT molecular complexity index is 3470. The molecule has 0 radical (unpaired) electrons. The SMILES string of the molecule is CN=S(=O)(c1ccc(-n2ccn(-c3c4c(nn3-c3cc(C)c(F)c(C)c3)CCN(C(=O)c3cc5cc([C@H]6CCOC(C)(C)C6)ccc5n3[C@@]3(c5noc(=O)[nH]5)C[C@@H]3C)[C@H]4C)c2=O)c(F)c1)C1CC1. The summed E-state index contributed by atoms with van der Waals surface area (Å²) >= 11 is 0. The van der Waals surface area contributed by atoms with Gasteiger partial charge < -0.3 is 14.2 Å². The summed E-state index contributed by atoms with van der Waals surface area (Å²) in [6.45, 7) is 12.4. The Hall–Kier alpha value is -6.40. The second-order valence-electron chi connectivity index (χ2n) is 19.8. The number of aryl methyl sites for hydroxylation is 2. The van der Waals surface area contributed by atoms with Crippen molar-refractivity contribution in [3.05, 3.63) is 139 Å². The molecular weight excluding hydrogens is 893 g/mol. The molecule has 7 aromatic rings. The van der Waals surface area contributed by atoms with Crippen molar-refractivity contribution in [2.24, 2.45) is 10.3 Å². The van der Waals surface area contributed by atoms with Crippen molar-refractivity contribution in [2.45, 2.75) is 113 Å². The standard InChI is InChI=1S/C50H53F2N9O6S/c1-27-20-34(21-28(2)43(27)52)61-44(59-18-17-58(48(59)64)40-13-11-36(24-37(40)51)68(65,53-7)35-9-10-35)42-30(4)57(16-14-38(42)55-61)45(62)41-23-33-22-31(32-15-19-66-49(5,6)26-32)8-12-39(33)60(41)50(25-29(50)3)46-54-47(63)67-56-46/h8,11-13,17-18,20-24,29-30,32,35H,9-10,14-16,19,25-26H2,1-7H3,(H,54,56,63)/t29-,30-,32-,50-,68?/m0/s1. The number of nitrogens with one attached hydrogen (secondary N) is 1. The Labute approximate surface area is 390 Å². The van der Waals surface area contributed by atoms with Crippen LogP contribution in [0.15, 0.2) is 90.4 Å². The third-order valence-electron chi connectivity index (χ3n) is 14.9. The summed E-state index contributed by atoms with van der Waals surface area (Å²) in [4.78, 5) is 47.6. The number of hydrogen-bond donors (Lipinski definition) is 1. The molecular formula is C50H53F2N9O6S. The summed E-state index contributed by atoms with van der Waals surface area (Å²) in [5.74, 6) is -1.17. The number of carbonyl (C=O) groups excluding carboxylic acids is 1. The van der Waals surface area contributed by atoms with Gasteiger partial charge in [0.15, 0.2) is 5.82 Å². The molecule has 15 nitrogen and oxygen atoms in total. The predicted octanol–water partition coefficient (Wildman–Crippen LogP) is 8.17. The van der Waals surface area contributed by atoms with E-state index in [9.17, 15) is 13.8 Å². The van der Waals surface area contributed by atoms with Gasteiger partial charge in [0.05, 0.1) is 43.3 Å². The third-order valence-corrected chi connectivity index (χ3v) is 17.7. The van der Waals surface area contributed by atoms with E-state index in [-0.39, 0.29) is 51.5 Å². The highest BCUT2D eigenvalue weighted by Crippen LogP contribution is 2.56. The average Bonchev–Trinajstić information content (AvgIpc) is 4.04. The first kappa shape index (κ1) is 44.1. The minimum absolute atomic E-state index is 0.0138. The van der Waals surface area contributed by atoms with Crippen LogP contribution in [-0.2, 0) is 26.4 Å². The van der Waals surface area contributed by atoms with Gasteiger partial charge in [0.2, 0.25) is 0 Å². The van der Waals surface area contributed by atoms with Crippen LogP contribution in [0.4, 0.5) is 8.78 Å². The zero-order valence-corrected chi connectivity index (χ0v) is 39.8. The van der Waals surface area contributed by atoms with Crippen molar-refractivity contribution < 1.29 is 27.0 Å². The number of amides is 1. The number of rotatable bonds is 9. The Morgan fingerprint density at radius 2 is 1.69 bits per heavy atom. The maximum atomic E-state index is 16.1. The normalized spacial score (nSPS) is 23.1. The number of aromatic nitrogens is 7. The molecule has 1 amide bonds. The van der Waals surface area contributed by atoms with Crippen molar-refractivity contribution in [1.29, 1.82) is 0 Å². The zero-order chi connectivity index (χ0) is 47.8. The molecule has 1 unspecified atom stereocenters. The van der Waals surface area contributed by atoms with E-state index >= 15 is 13.6 Å². The molecule has 3 fully saturated rings. The molecule has 2 aliphatic heterocycles. The fourth-order valence-electron chi connectivity index (χ4n) is 11.1. The second-order valence-corrected chi connectivity index (χ2v) is 22.4. The van der Waals surface area contributed by atoms with Crippen LogP contribution in [0.1, 0.15) is 116 Å². The number of carbonyl (C=O) groups is 1. The van der Waals surface area contributed by atoms with Crippen LogP contribution in [-0.4, -0.2) is 79.7 Å². The Morgan fingerprint density at radius 1 is 0.956 bits per heavy atom. The fraction of sp³-hybridized carbons (Fsp3) is 0.420. The van der Waals surface area contributed by atoms with Crippen LogP contribution in [0.5, 0.6) is 0 Å². The van der Waals surface area contributed by atoms with Gasteiger partial charge in [-0.25, -0.2) is 31.6 Å². The fourth-order valence-corrected chi connectivity index (χ4v) is 13.3. The van der Waals surface area contributed by atoms with Gasteiger partial charge in [-0.15, -0.1) is 0 Å². The molecule has 18 heteroatoms. The quantitative estimate of drug-likeness (QED) is 0.151. The monoisotopic (exact) mass is 945 g/mol. The van der Waals surface area contributed by atoms with Crippen LogP contribution >= 0.6 is 0 Å². The summed E-state index contributed by atoms with van der Waals surface area (Å²) < 4.78 is 66.5. The molecule has 11 rings (SSSR count). The molecule has 3 aromatic carbocycles. The predicted molar refractivity (Wildman–Crippen MR) is 251 cm³/mol.